The van der Waals surface area contributed by atoms with Crippen molar-refractivity contribution in [2.75, 3.05) is 11.9 Å². The van der Waals surface area contributed by atoms with Crippen LogP contribution in [-0.4, -0.2) is 17.8 Å². The highest BCUT2D eigenvalue weighted by molar-refractivity contribution is 5.93. The Bertz CT molecular complexity index is 616. The summed E-state index contributed by atoms with van der Waals surface area (Å²) in [5.74, 6) is 0.0355. The van der Waals surface area contributed by atoms with Gasteiger partial charge < -0.3 is 14.8 Å². The molecule has 0 amide bonds. The Morgan fingerprint density at radius 1 is 1.28 bits per heavy atom. The Balaban J connectivity index is 2.17. The molecular formula is C12H10F2N2O2. The number of aromatic nitrogens is 1. The van der Waals surface area contributed by atoms with Crippen LogP contribution in [0.3, 0.4) is 0 Å². The number of halogens is 2. The number of hydrogen-bond donors (Lipinski definition) is 1. The van der Waals surface area contributed by atoms with Crippen molar-refractivity contribution in [3.05, 3.63) is 24.4 Å². The van der Waals surface area contributed by atoms with Gasteiger partial charge in [-0.2, -0.15) is 0 Å². The number of ether oxygens (including phenoxy) is 2. The fourth-order valence-corrected chi connectivity index (χ4v) is 1.93. The molecule has 1 aliphatic heterocycles. The van der Waals surface area contributed by atoms with Crippen LogP contribution in [0.15, 0.2) is 24.4 Å². The van der Waals surface area contributed by atoms with Gasteiger partial charge in [-0.3, -0.25) is 4.98 Å². The first-order chi connectivity index (χ1) is 8.59. The van der Waals surface area contributed by atoms with Gasteiger partial charge in [0.1, 0.15) is 0 Å². The van der Waals surface area contributed by atoms with Crippen LogP contribution >= 0.6 is 0 Å². The molecule has 2 heterocycles. The fourth-order valence-electron chi connectivity index (χ4n) is 1.93. The minimum atomic E-state index is -3.60. The highest BCUT2D eigenvalue weighted by Gasteiger charge is 2.43. The summed E-state index contributed by atoms with van der Waals surface area (Å²) < 4.78 is 34.7. The molecule has 6 heteroatoms. The Morgan fingerprint density at radius 3 is 2.72 bits per heavy atom. The van der Waals surface area contributed by atoms with Gasteiger partial charge in [-0.25, -0.2) is 0 Å². The third kappa shape index (κ3) is 1.70. The average Bonchev–Trinajstić information content (AvgIpc) is 2.60. The number of rotatable bonds is 2. The van der Waals surface area contributed by atoms with Crippen LogP contribution < -0.4 is 14.8 Å². The SMILES string of the molecule is CCNc1ccnc2cc3c(cc12)OC(F)(F)O3. The van der Waals surface area contributed by atoms with E-state index in [1.807, 2.05) is 6.92 Å². The molecule has 0 atom stereocenters. The highest BCUT2D eigenvalue weighted by atomic mass is 19.3. The van der Waals surface area contributed by atoms with Gasteiger partial charge >= 0.3 is 6.29 Å². The molecule has 3 rings (SSSR count). The number of benzene rings is 1. The molecule has 94 valence electrons. The van der Waals surface area contributed by atoms with Gasteiger partial charge in [0, 0.05) is 29.9 Å². The number of nitrogens with one attached hydrogen (secondary N) is 1. The lowest BCUT2D eigenvalue weighted by Crippen LogP contribution is -2.25. The second-order valence-electron chi connectivity index (χ2n) is 3.87. The summed E-state index contributed by atoms with van der Waals surface area (Å²) in [5.41, 5.74) is 1.40. The quantitative estimate of drug-likeness (QED) is 0.892. The molecule has 0 bridgehead atoms. The zero-order valence-electron chi connectivity index (χ0n) is 9.54. The first kappa shape index (κ1) is 11.0. The molecule has 1 N–H and O–H groups in total. The van der Waals surface area contributed by atoms with E-state index in [0.717, 1.165) is 17.6 Å². The van der Waals surface area contributed by atoms with E-state index in [-0.39, 0.29) is 11.5 Å². The van der Waals surface area contributed by atoms with Gasteiger partial charge in [0.2, 0.25) is 0 Å². The van der Waals surface area contributed by atoms with Gasteiger partial charge in [0.25, 0.3) is 0 Å². The summed E-state index contributed by atoms with van der Waals surface area (Å²) in [6.07, 6.45) is -1.99. The molecule has 4 nitrogen and oxygen atoms in total. The number of hydrogen-bond acceptors (Lipinski definition) is 4. The van der Waals surface area contributed by atoms with Gasteiger partial charge in [-0.1, -0.05) is 0 Å². The lowest BCUT2D eigenvalue weighted by atomic mass is 10.1. The van der Waals surface area contributed by atoms with E-state index in [0.29, 0.717) is 5.52 Å². The molecule has 0 spiro atoms. The Hall–Kier alpha value is -2.11. The van der Waals surface area contributed by atoms with E-state index in [2.05, 4.69) is 19.8 Å². The van der Waals surface area contributed by atoms with Crippen LogP contribution in [0, 0.1) is 0 Å². The van der Waals surface area contributed by atoms with Crippen molar-refractivity contribution in [1.29, 1.82) is 0 Å². The van der Waals surface area contributed by atoms with Crippen LogP contribution in [0.2, 0.25) is 0 Å². The minimum absolute atomic E-state index is 0.00801. The van der Waals surface area contributed by atoms with Crippen molar-refractivity contribution in [2.45, 2.75) is 13.2 Å². The molecule has 1 aromatic heterocycles. The molecule has 18 heavy (non-hydrogen) atoms. The Morgan fingerprint density at radius 2 is 2.00 bits per heavy atom. The summed E-state index contributed by atoms with van der Waals surface area (Å²) in [7, 11) is 0. The zero-order valence-corrected chi connectivity index (χ0v) is 9.54. The van der Waals surface area contributed by atoms with Gasteiger partial charge in [0.05, 0.1) is 5.52 Å². The fraction of sp³-hybridized carbons (Fsp3) is 0.250. The maximum absolute atomic E-state index is 13.0. The van der Waals surface area contributed by atoms with Gasteiger partial charge in [-0.15, -0.1) is 8.78 Å². The first-order valence-electron chi connectivity index (χ1n) is 5.51. The van der Waals surface area contributed by atoms with E-state index < -0.39 is 6.29 Å². The molecule has 0 radical (unpaired) electrons. The predicted molar refractivity (Wildman–Crippen MR) is 62.1 cm³/mol. The summed E-state index contributed by atoms with van der Waals surface area (Å²) in [5, 5.41) is 3.86. The van der Waals surface area contributed by atoms with Crippen LogP contribution in [0.25, 0.3) is 10.9 Å². The normalized spacial score (nSPS) is 15.9. The number of anilines is 1. The van der Waals surface area contributed by atoms with E-state index >= 15 is 0 Å². The topological polar surface area (TPSA) is 43.4 Å². The number of alkyl halides is 2. The molecule has 0 saturated heterocycles. The van der Waals surface area contributed by atoms with Crippen LogP contribution in [0.4, 0.5) is 14.5 Å². The van der Waals surface area contributed by atoms with Crippen molar-refractivity contribution in [3.8, 4) is 11.5 Å². The van der Waals surface area contributed by atoms with E-state index in [9.17, 15) is 8.78 Å². The number of pyridine rings is 1. The number of fused-ring (bicyclic) bond motifs is 2. The minimum Gasteiger partial charge on any atom is -0.395 e. The molecule has 0 aliphatic carbocycles. The summed E-state index contributed by atoms with van der Waals surface area (Å²) >= 11 is 0. The smallest absolute Gasteiger partial charge is 0.395 e. The summed E-state index contributed by atoms with van der Waals surface area (Å²) in [6, 6.07) is 4.75. The van der Waals surface area contributed by atoms with Gasteiger partial charge in [0.15, 0.2) is 11.5 Å². The highest BCUT2D eigenvalue weighted by Crippen LogP contribution is 2.43. The largest absolute Gasteiger partial charge is 0.586 e. The summed E-state index contributed by atoms with van der Waals surface area (Å²) in [6.45, 7) is 2.68. The van der Waals surface area contributed by atoms with Gasteiger partial charge in [-0.05, 0) is 19.1 Å². The van der Waals surface area contributed by atoms with E-state index in [1.54, 1.807) is 12.3 Å². The standard InChI is InChI=1S/C12H10F2N2O2/c1-2-15-8-3-4-16-9-6-11-10(5-7(8)9)17-12(13,14)18-11/h3-6H,2H2,1H3,(H,15,16). The van der Waals surface area contributed by atoms with Crippen LogP contribution in [0.5, 0.6) is 11.5 Å². The third-order valence-corrected chi connectivity index (χ3v) is 2.63. The van der Waals surface area contributed by atoms with Crippen molar-refractivity contribution >= 4 is 16.6 Å². The van der Waals surface area contributed by atoms with Crippen LogP contribution in [-0.2, 0) is 0 Å². The molecule has 0 saturated carbocycles. The maximum Gasteiger partial charge on any atom is 0.586 e. The second kappa shape index (κ2) is 3.69. The lowest BCUT2D eigenvalue weighted by molar-refractivity contribution is -0.286. The first-order valence-corrected chi connectivity index (χ1v) is 5.51. The zero-order chi connectivity index (χ0) is 12.8. The molecule has 0 unspecified atom stereocenters. The Kier molecular flexibility index (Phi) is 2.26. The van der Waals surface area contributed by atoms with Crippen molar-refractivity contribution in [2.24, 2.45) is 0 Å². The van der Waals surface area contributed by atoms with E-state index in [1.165, 1.54) is 12.1 Å². The molecule has 1 aliphatic rings. The molecule has 1 aromatic carbocycles. The van der Waals surface area contributed by atoms with Crippen molar-refractivity contribution < 1.29 is 18.3 Å². The molecular weight excluding hydrogens is 242 g/mol. The Labute approximate surface area is 102 Å². The second-order valence-corrected chi connectivity index (χ2v) is 3.87. The molecule has 0 fully saturated rings. The number of nitrogens with zero attached hydrogens (tertiary/aromatic N) is 1. The summed E-state index contributed by atoms with van der Waals surface area (Å²) in [4.78, 5) is 4.13. The lowest BCUT2D eigenvalue weighted by Gasteiger charge is -2.07. The molecule has 2 aromatic rings. The van der Waals surface area contributed by atoms with Crippen molar-refractivity contribution in [3.63, 3.8) is 0 Å². The maximum atomic E-state index is 13.0. The van der Waals surface area contributed by atoms with Crippen LogP contribution in [0.1, 0.15) is 6.92 Å². The predicted octanol–water partition coefficient (Wildman–Crippen LogP) is 2.99. The van der Waals surface area contributed by atoms with E-state index in [4.69, 9.17) is 0 Å². The third-order valence-electron chi connectivity index (χ3n) is 2.63. The average molecular weight is 252 g/mol. The monoisotopic (exact) mass is 252 g/mol. The van der Waals surface area contributed by atoms with Crippen molar-refractivity contribution in [1.82, 2.24) is 4.98 Å².